The van der Waals surface area contributed by atoms with Gasteiger partial charge in [-0.3, -0.25) is 4.79 Å². The van der Waals surface area contributed by atoms with E-state index in [0.717, 1.165) is 40.6 Å². The number of anilines is 1. The summed E-state index contributed by atoms with van der Waals surface area (Å²) in [5.74, 6) is 0.662. The van der Waals surface area contributed by atoms with Crippen LogP contribution in [0.25, 0.3) is 16.8 Å². The molecule has 6 nitrogen and oxygen atoms in total. The molecule has 3 N–H and O–H groups in total. The SMILES string of the molecule is CCCC1CC(C)CCN1c1ccc2cc(/C=C(\C#N)C(=O)SCC(O)C(O)CO)ccc2c1. The molecule has 2 aromatic rings. The van der Waals surface area contributed by atoms with E-state index < -0.39 is 23.9 Å². The van der Waals surface area contributed by atoms with Crippen molar-refractivity contribution in [3.8, 4) is 6.07 Å². The summed E-state index contributed by atoms with van der Waals surface area (Å²) in [6.45, 7) is 5.07. The van der Waals surface area contributed by atoms with Crippen molar-refractivity contribution in [2.45, 2.75) is 57.8 Å². The normalized spacial score (nSPS) is 20.7. The fraction of sp³-hybridized carbons (Fsp3) is 0.481. The maximum absolute atomic E-state index is 12.4. The molecule has 0 spiro atoms. The van der Waals surface area contributed by atoms with Crippen LogP contribution < -0.4 is 4.90 Å². The molecule has 0 radical (unpaired) electrons. The van der Waals surface area contributed by atoms with Gasteiger partial charge in [0.1, 0.15) is 17.7 Å². The van der Waals surface area contributed by atoms with Crippen LogP contribution >= 0.6 is 11.8 Å². The van der Waals surface area contributed by atoms with Crippen molar-refractivity contribution >= 4 is 39.4 Å². The van der Waals surface area contributed by atoms with E-state index in [9.17, 15) is 20.3 Å². The fourth-order valence-electron chi connectivity index (χ4n) is 4.49. The van der Waals surface area contributed by atoms with Crippen LogP contribution in [0.2, 0.25) is 0 Å². The molecule has 1 fully saturated rings. The lowest BCUT2D eigenvalue weighted by Crippen LogP contribution is -2.42. The van der Waals surface area contributed by atoms with Crippen LogP contribution in [0.1, 0.15) is 45.1 Å². The first kappa shape index (κ1) is 26.2. The Morgan fingerprint density at radius 2 is 1.97 bits per heavy atom. The Labute approximate surface area is 205 Å². The van der Waals surface area contributed by atoms with E-state index in [4.69, 9.17) is 5.11 Å². The molecule has 34 heavy (non-hydrogen) atoms. The molecule has 3 rings (SSSR count). The number of nitrogens with zero attached hydrogens (tertiary/aromatic N) is 2. The fourth-order valence-corrected chi connectivity index (χ4v) is 5.30. The first-order valence-electron chi connectivity index (χ1n) is 11.9. The third kappa shape index (κ3) is 6.61. The number of fused-ring (bicyclic) bond motifs is 1. The van der Waals surface area contributed by atoms with E-state index in [2.05, 4.69) is 36.9 Å². The molecule has 1 saturated heterocycles. The molecule has 182 valence electrons. The molecular weight excluding hydrogens is 448 g/mol. The predicted molar refractivity (Wildman–Crippen MR) is 139 cm³/mol. The number of carbonyl (C=O) groups excluding carboxylic acids is 1. The molecule has 7 heteroatoms. The Hall–Kier alpha value is -2.37. The van der Waals surface area contributed by atoms with Crippen LogP contribution in [0.3, 0.4) is 0 Å². The standard InChI is InChI=1S/C27H34N2O4S/c1-3-4-23-11-18(2)9-10-29(23)24-8-7-20-12-19(5-6-21(20)14-24)13-22(15-28)27(33)34-17-26(32)25(31)16-30/h5-8,12-14,18,23,25-26,30-32H,3-4,9-11,16-17H2,1-2H3/b22-13+. The maximum atomic E-state index is 12.4. The number of rotatable bonds is 9. The van der Waals surface area contributed by atoms with Gasteiger partial charge in [-0.25, -0.2) is 0 Å². The highest BCUT2D eigenvalue weighted by atomic mass is 32.2. The second-order valence-corrected chi connectivity index (χ2v) is 10.1. The van der Waals surface area contributed by atoms with Crippen molar-refractivity contribution in [2.75, 3.05) is 23.8 Å². The largest absolute Gasteiger partial charge is 0.394 e. The van der Waals surface area contributed by atoms with E-state index >= 15 is 0 Å². The molecule has 0 aliphatic carbocycles. The highest BCUT2D eigenvalue weighted by Crippen LogP contribution is 2.32. The van der Waals surface area contributed by atoms with Crippen LogP contribution in [-0.2, 0) is 4.79 Å². The Morgan fingerprint density at radius 3 is 2.68 bits per heavy atom. The summed E-state index contributed by atoms with van der Waals surface area (Å²) in [6.07, 6.45) is 3.80. The maximum Gasteiger partial charge on any atom is 0.230 e. The smallest absolute Gasteiger partial charge is 0.230 e. The van der Waals surface area contributed by atoms with Gasteiger partial charge in [-0.05, 0) is 65.8 Å². The van der Waals surface area contributed by atoms with Crippen LogP contribution in [0, 0.1) is 17.2 Å². The van der Waals surface area contributed by atoms with Crippen molar-refractivity contribution in [2.24, 2.45) is 5.92 Å². The first-order chi connectivity index (χ1) is 16.4. The lowest BCUT2D eigenvalue weighted by Gasteiger charge is -2.40. The number of aliphatic hydroxyl groups is 3. The molecule has 4 unspecified atom stereocenters. The molecule has 1 aliphatic rings. The summed E-state index contributed by atoms with van der Waals surface area (Å²) in [7, 11) is 0. The van der Waals surface area contributed by atoms with Crippen molar-refractivity contribution in [1.82, 2.24) is 0 Å². The van der Waals surface area contributed by atoms with Crippen molar-refractivity contribution in [3.05, 3.63) is 47.5 Å². The number of hydrogen-bond acceptors (Lipinski definition) is 7. The van der Waals surface area contributed by atoms with Gasteiger partial charge < -0.3 is 20.2 Å². The van der Waals surface area contributed by atoms with Crippen LogP contribution in [0.4, 0.5) is 5.69 Å². The Morgan fingerprint density at radius 1 is 1.24 bits per heavy atom. The molecular formula is C27H34N2O4S. The molecule has 0 amide bonds. The zero-order valence-electron chi connectivity index (χ0n) is 19.9. The van der Waals surface area contributed by atoms with Gasteiger partial charge in [0.15, 0.2) is 0 Å². The van der Waals surface area contributed by atoms with Gasteiger partial charge in [0.25, 0.3) is 0 Å². The Balaban J connectivity index is 1.76. The minimum atomic E-state index is -1.31. The molecule has 0 aromatic heterocycles. The van der Waals surface area contributed by atoms with Gasteiger partial charge in [-0.1, -0.05) is 50.2 Å². The Bertz CT molecular complexity index is 1060. The minimum absolute atomic E-state index is 0.0310. The summed E-state index contributed by atoms with van der Waals surface area (Å²) in [4.78, 5) is 14.9. The summed E-state index contributed by atoms with van der Waals surface area (Å²) in [5.41, 5.74) is 1.96. The minimum Gasteiger partial charge on any atom is -0.394 e. The van der Waals surface area contributed by atoms with Crippen LogP contribution in [0.5, 0.6) is 0 Å². The van der Waals surface area contributed by atoms with Crippen molar-refractivity contribution in [1.29, 1.82) is 5.26 Å². The number of piperidine rings is 1. The van der Waals surface area contributed by atoms with E-state index in [1.54, 1.807) is 6.08 Å². The molecule has 2 aromatic carbocycles. The zero-order valence-corrected chi connectivity index (χ0v) is 20.7. The Kier molecular flexibility index (Phi) is 9.54. The second kappa shape index (κ2) is 12.4. The van der Waals surface area contributed by atoms with Gasteiger partial charge in [-0.15, -0.1) is 0 Å². The molecule has 0 bridgehead atoms. The van der Waals surface area contributed by atoms with Gasteiger partial charge in [-0.2, -0.15) is 5.26 Å². The number of thioether (sulfide) groups is 1. The second-order valence-electron chi connectivity index (χ2n) is 9.14. The highest BCUT2D eigenvalue weighted by Gasteiger charge is 2.26. The number of carbonyl (C=O) groups is 1. The third-order valence-electron chi connectivity index (χ3n) is 6.45. The van der Waals surface area contributed by atoms with E-state index in [1.165, 1.54) is 31.4 Å². The monoisotopic (exact) mass is 482 g/mol. The molecule has 1 heterocycles. The van der Waals surface area contributed by atoms with Crippen LogP contribution in [0.15, 0.2) is 42.0 Å². The molecule has 0 saturated carbocycles. The lowest BCUT2D eigenvalue weighted by atomic mass is 9.89. The molecule has 1 aliphatic heterocycles. The predicted octanol–water partition coefficient (Wildman–Crippen LogP) is 4.13. The van der Waals surface area contributed by atoms with Gasteiger partial charge in [0.2, 0.25) is 5.12 Å². The lowest BCUT2D eigenvalue weighted by molar-refractivity contribution is -0.107. The van der Waals surface area contributed by atoms with E-state index in [0.29, 0.717) is 6.04 Å². The quantitative estimate of drug-likeness (QED) is 0.365. The van der Waals surface area contributed by atoms with Gasteiger partial charge in [0, 0.05) is 24.0 Å². The molecule has 4 atom stereocenters. The summed E-state index contributed by atoms with van der Waals surface area (Å²) < 4.78 is 0. The van der Waals surface area contributed by atoms with E-state index in [1.807, 2.05) is 24.3 Å². The topological polar surface area (TPSA) is 105 Å². The third-order valence-corrected chi connectivity index (χ3v) is 7.44. The highest BCUT2D eigenvalue weighted by molar-refractivity contribution is 8.14. The van der Waals surface area contributed by atoms with Gasteiger partial charge in [0.05, 0.1) is 12.7 Å². The number of aliphatic hydroxyl groups excluding tert-OH is 3. The van der Waals surface area contributed by atoms with Crippen molar-refractivity contribution in [3.63, 3.8) is 0 Å². The summed E-state index contributed by atoms with van der Waals surface area (Å²) in [5, 5.41) is 39.1. The zero-order chi connectivity index (χ0) is 24.7. The number of nitriles is 1. The number of hydrogen-bond donors (Lipinski definition) is 3. The first-order valence-corrected chi connectivity index (χ1v) is 12.9. The van der Waals surface area contributed by atoms with Crippen molar-refractivity contribution < 1.29 is 20.1 Å². The van der Waals surface area contributed by atoms with E-state index in [-0.39, 0.29) is 11.3 Å². The van der Waals surface area contributed by atoms with Gasteiger partial charge >= 0.3 is 0 Å². The van der Waals surface area contributed by atoms with Crippen LogP contribution in [-0.4, -0.2) is 57.6 Å². The average molecular weight is 483 g/mol. The average Bonchev–Trinajstić information content (AvgIpc) is 2.85. The summed E-state index contributed by atoms with van der Waals surface area (Å²) >= 11 is 0.749. The number of benzene rings is 2. The summed E-state index contributed by atoms with van der Waals surface area (Å²) in [6, 6.07) is 14.9.